The Morgan fingerprint density at radius 3 is 3.00 bits per heavy atom. The van der Waals surface area contributed by atoms with Crippen LogP contribution in [0, 0.1) is 0 Å². The molecule has 86 valence electrons. The lowest BCUT2D eigenvalue weighted by Gasteiger charge is -2.06. The number of hydrogen-bond donors (Lipinski definition) is 1. The van der Waals surface area contributed by atoms with Crippen LogP contribution in [0.15, 0.2) is 22.7 Å². The monoisotopic (exact) mass is 256 g/mol. The number of hydrogen-bond acceptors (Lipinski definition) is 4. The van der Waals surface area contributed by atoms with Gasteiger partial charge in [0, 0.05) is 0 Å². The molecule has 0 saturated heterocycles. The second kappa shape index (κ2) is 4.99. The molecule has 16 heavy (non-hydrogen) atoms. The zero-order valence-corrected chi connectivity index (χ0v) is 10.7. The smallest absolute Gasteiger partial charge is 0.211 e. The molecule has 0 bridgehead atoms. The van der Waals surface area contributed by atoms with Crippen molar-refractivity contribution in [3.05, 3.63) is 28.6 Å². The second-order valence-corrected chi connectivity index (χ2v) is 5.16. The normalized spacial score (nSPS) is 12.9. The SMILES string of the molecule is CCNC(C)c1ncc(-c2ccc(Cl)s2)o1. The molecule has 0 radical (unpaired) electrons. The molecule has 1 N–H and O–H groups in total. The predicted octanol–water partition coefficient (Wildman–Crippen LogP) is 3.73. The Balaban J connectivity index is 2.19. The fourth-order valence-corrected chi connectivity index (χ4v) is 2.43. The van der Waals surface area contributed by atoms with Gasteiger partial charge in [0.2, 0.25) is 5.89 Å². The predicted molar refractivity (Wildman–Crippen MR) is 66.9 cm³/mol. The van der Waals surface area contributed by atoms with Crippen LogP contribution in [0.5, 0.6) is 0 Å². The molecule has 0 aliphatic carbocycles. The average Bonchev–Trinajstić information content (AvgIpc) is 2.85. The molecule has 2 aromatic rings. The van der Waals surface area contributed by atoms with E-state index in [2.05, 4.69) is 17.2 Å². The summed E-state index contributed by atoms with van der Waals surface area (Å²) in [4.78, 5) is 5.26. The van der Waals surface area contributed by atoms with Gasteiger partial charge >= 0.3 is 0 Å². The zero-order valence-electron chi connectivity index (χ0n) is 9.16. The maximum atomic E-state index is 5.87. The van der Waals surface area contributed by atoms with Gasteiger partial charge in [0.25, 0.3) is 0 Å². The molecule has 0 saturated carbocycles. The molecule has 0 aromatic carbocycles. The summed E-state index contributed by atoms with van der Waals surface area (Å²) in [6.45, 7) is 4.98. The molecule has 0 aliphatic rings. The van der Waals surface area contributed by atoms with Gasteiger partial charge in [-0.2, -0.15) is 0 Å². The Hall–Kier alpha value is -0.840. The fourth-order valence-electron chi connectivity index (χ4n) is 1.44. The van der Waals surface area contributed by atoms with E-state index in [9.17, 15) is 0 Å². The molecule has 0 amide bonds. The summed E-state index contributed by atoms with van der Waals surface area (Å²) in [5.74, 6) is 1.48. The highest BCUT2D eigenvalue weighted by molar-refractivity contribution is 7.19. The minimum Gasteiger partial charge on any atom is -0.438 e. The van der Waals surface area contributed by atoms with Gasteiger partial charge in [-0.25, -0.2) is 4.98 Å². The van der Waals surface area contributed by atoms with Crippen molar-refractivity contribution in [1.82, 2.24) is 10.3 Å². The molecule has 1 unspecified atom stereocenters. The van der Waals surface area contributed by atoms with Crippen molar-refractivity contribution in [2.75, 3.05) is 6.54 Å². The van der Waals surface area contributed by atoms with Crippen molar-refractivity contribution >= 4 is 22.9 Å². The summed E-state index contributed by atoms with van der Waals surface area (Å²) < 4.78 is 6.43. The molecule has 5 heteroatoms. The quantitative estimate of drug-likeness (QED) is 0.906. The first-order valence-electron chi connectivity index (χ1n) is 5.15. The van der Waals surface area contributed by atoms with Crippen LogP contribution in [0.4, 0.5) is 0 Å². The number of thiophene rings is 1. The standard InChI is InChI=1S/C11H13ClN2OS/c1-3-13-7(2)11-14-6-8(15-11)9-4-5-10(12)16-9/h4-7,13H,3H2,1-2H3. The first-order chi connectivity index (χ1) is 7.70. The lowest BCUT2D eigenvalue weighted by molar-refractivity contribution is 0.429. The lowest BCUT2D eigenvalue weighted by atomic mass is 10.3. The van der Waals surface area contributed by atoms with Gasteiger partial charge in [-0.3, -0.25) is 0 Å². The highest BCUT2D eigenvalue weighted by Gasteiger charge is 2.13. The van der Waals surface area contributed by atoms with E-state index in [-0.39, 0.29) is 6.04 Å². The van der Waals surface area contributed by atoms with Crippen molar-refractivity contribution in [1.29, 1.82) is 0 Å². The highest BCUT2D eigenvalue weighted by Crippen LogP contribution is 2.32. The van der Waals surface area contributed by atoms with E-state index in [0.717, 1.165) is 21.5 Å². The number of aromatic nitrogens is 1. The van der Waals surface area contributed by atoms with Crippen LogP contribution < -0.4 is 5.32 Å². The first-order valence-corrected chi connectivity index (χ1v) is 6.35. The van der Waals surface area contributed by atoms with Gasteiger partial charge < -0.3 is 9.73 Å². The molecule has 3 nitrogen and oxygen atoms in total. The molecule has 2 heterocycles. The Bertz CT molecular complexity index is 466. The van der Waals surface area contributed by atoms with Crippen molar-refractivity contribution in [3.8, 4) is 10.6 Å². The van der Waals surface area contributed by atoms with Gasteiger partial charge in [0.15, 0.2) is 5.76 Å². The third kappa shape index (κ3) is 2.45. The van der Waals surface area contributed by atoms with Crippen molar-refractivity contribution < 1.29 is 4.42 Å². The number of nitrogens with one attached hydrogen (secondary N) is 1. The minimum absolute atomic E-state index is 0.134. The van der Waals surface area contributed by atoms with Crippen LogP contribution in [0.3, 0.4) is 0 Å². The third-order valence-corrected chi connectivity index (χ3v) is 3.47. The van der Waals surface area contributed by atoms with Crippen LogP contribution in [0.25, 0.3) is 10.6 Å². The van der Waals surface area contributed by atoms with Crippen LogP contribution in [-0.2, 0) is 0 Å². The Morgan fingerprint density at radius 2 is 2.38 bits per heavy atom. The summed E-state index contributed by atoms with van der Waals surface area (Å²) in [6, 6.07) is 3.93. The van der Waals surface area contributed by atoms with Crippen LogP contribution >= 0.6 is 22.9 Å². The summed E-state index contributed by atoms with van der Waals surface area (Å²) in [7, 11) is 0. The molecule has 2 aromatic heterocycles. The topological polar surface area (TPSA) is 38.1 Å². The van der Waals surface area contributed by atoms with E-state index in [1.807, 2.05) is 19.1 Å². The van der Waals surface area contributed by atoms with Gasteiger partial charge in [0.05, 0.1) is 21.5 Å². The lowest BCUT2D eigenvalue weighted by Crippen LogP contribution is -2.17. The summed E-state index contributed by atoms with van der Waals surface area (Å²) in [6.07, 6.45) is 1.74. The third-order valence-electron chi connectivity index (χ3n) is 2.22. The average molecular weight is 257 g/mol. The summed E-state index contributed by atoms with van der Waals surface area (Å²) in [5.41, 5.74) is 0. The zero-order chi connectivity index (χ0) is 11.5. The molecular formula is C11H13ClN2OS. The number of nitrogens with zero attached hydrogens (tertiary/aromatic N) is 1. The highest BCUT2D eigenvalue weighted by atomic mass is 35.5. The molecular weight excluding hydrogens is 244 g/mol. The fraction of sp³-hybridized carbons (Fsp3) is 0.364. The van der Waals surface area contributed by atoms with Gasteiger partial charge in [-0.1, -0.05) is 18.5 Å². The van der Waals surface area contributed by atoms with Crippen LogP contribution in [0.1, 0.15) is 25.8 Å². The Morgan fingerprint density at radius 1 is 1.56 bits per heavy atom. The summed E-state index contributed by atoms with van der Waals surface area (Å²) >= 11 is 7.36. The van der Waals surface area contributed by atoms with Crippen molar-refractivity contribution in [2.45, 2.75) is 19.9 Å². The number of halogens is 1. The second-order valence-electron chi connectivity index (χ2n) is 3.45. The largest absolute Gasteiger partial charge is 0.438 e. The van der Waals surface area contributed by atoms with Gasteiger partial charge in [-0.15, -0.1) is 11.3 Å². The van der Waals surface area contributed by atoms with E-state index < -0.39 is 0 Å². The van der Waals surface area contributed by atoms with Crippen molar-refractivity contribution in [3.63, 3.8) is 0 Å². The van der Waals surface area contributed by atoms with E-state index >= 15 is 0 Å². The molecule has 0 aliphatic heterocycles. The van der Waals surface area contributed by atoms with E-state index in [4.69, 9.17) is 16.0 Å². The van der Waals surface area contributed by atoms with Crippen molar-refractivity contribution in [2.24, 2.45) is 0 Å². The van der Waals surface area contributed by atoms with E-state index in [1.165, 1.54) is 11.3 Å². The number of oxazole rings is 1. The van der Waals surface area contributed by atoms with Crippen LogP contribution in [0.2, 0.25) is 4.34 Å². The molecule has 1 atom stereocenters. The molecule has 0 spiro atoms. The van der Waals surface area contributed by atoms with Gasteiger partial charge in [-0.05, 0) is 25.6 Å². The maximum absolute atomic E-state index is 5.87. The Labute approximate surface area is 103 Å². The van der Waals surface area contributed by atoms with E-state index in [0.29, 0.717) is 5.89 Å². The molecule has 2 rings (SSSR count). The molecule has 0 fully saturated rings. The maximum Gasteiger partial charge on any atom is 0.211 e. The Kier molecular flexibility index (Phi) is 3.63. The van der Waals surface area contributed by atoms with E-state index in [1.54, 1.807) is 6.20 Å². The minimum atomic E-state index is 0.134. The van der Waals surface area contributed by atoms with Crippen LogP contribution in [-0.4, -0.2) is 11.5 Å². The summed E-state index contributed by atoms with van der Waals surface area (Å²) in [5, 5.41) is 3.25. The number of rotatable bonds is 4. The van der Waals surface area contributed by atoms with Gasteiger partial charge in [0.1, 0.15) is 0 Å². The first kappa shape index (κ1) is 11.6.